The lowest BCUT2D eigenvalue weighted by Gasteiger charge is -2.10. The van der Waals surface area contributed by atoms with Gasteiger partial charge in [-0.1, -0.05) is 30.3 Å². The van der Waals surface area contributed by atoms with Crippen LogP contribution in [0.4, 0.5) is 5.69 Å². The normalized spacial score (nSPS) is 10.7. The van der Waals surface area contributed by atoms with Crippen LogP contribution in [0.5, 0.6) is 5.75 Å². The molecule has 3 nitrogen and oxygen atoms in total. The number of nitrogen functional groups attached to an aromatic ring is 1. The van der Waals surface area contributed by atoms with Gasteiger partial charge in [0.2, 0.25) is 0 Å². The Bertz CT molecular complexity index is 738. The second-order valence-corrected chi connectivity index (χ2v) is 5.30. The molecule has 0 atom stereocenters. The Hall–Kier alpha value is -2.07. The smallest absolute Gasteiger partial charge is 0.156 e. The molecule has 0 unspecified atom stereocenters. The average Bonchev–Trinajstić information content (AvgIpc) is 2.46. The average molecular weight is 329 g/mol. The number of ether oxygens (including phenoxy) is 1. The van der Waals surface area contributed by atoms with Crippen LogP contribution in [0.3, 0.4) is 0 Å². The third kappa shape index (κ3) is 2.60. The van der Waals surface area contributed by atoms with Crippen molar-refractivity contribution in [1.82, 2.24) is 4.98 Å². The highest BCUT2D eigenvalue weighted by Gasteiger charge is 2.06. The Kier molecular flexibility index (Phi) is 3.56. The summed E-state index contributed by atoms with van der Waals surface area (Å²) in [5.74, 6) is 0.655. The zero-order valence-electron chi connectivity index (χ0n) is 10.7. The molecule has 1 aromatic heterocycles. The lowest BCUT2D eigenvalue weighted by atomic mass is 10.2. The molecular weight excluding hydrogens is 316 g/mol. The molecule has 0 amide bonds. The minimum absolute atomic E-state index is 0.387. The molecule has 0 radical (unpaired) electrons. The van der Waals surface area contributed by atoms with Crippen LogP contribution in [0.1, 0.15) is 5.69 Å². The van der Waals surface area contributed by atoms with Crippen LogP contribution < -0.4 is 10.5 Å². The molecule has 0 bridgehead atoms. The van der Waals surface area contributed by atoms with Gasteiger partial charge >= 0.3 is 0 Å². The number of fused-ring (bicyclic) bond motifs is 1. The van der Waals surface area contributed by atoms with E-state index in [1.807, 2.05) is 54.6 Å². The summed E-state index contributed by atoms with van der Waals surface area (Å²) in [5, 5.41) is 1.12. The van der Waals surface area contributed by atoms with E-state index in [2.05, 4.69) is 20.9 Å². The summed E-state index contributed by atoms with van der Waals surface area (Å²) in [7, 11) is 0. The number of anilines is 1. The predicted molar refractivity (Wildman–Crippen MR) is 84.6 cm³/mol. The van der Waals surface area contributed by atoms with Crippen LogP contribution in [-0.4, -0.2) is 4.98 Å². The first-order chi connectivity index (χ1) is 9.74. The van der Waals surface area contributed by atoms with Crippen LogP contribution in [0.15, 0.2) is 59.1 Å². The number of para-hydroxylation sites is 2. The molecule has 0 aliphatic carbocycles. The summed E-state index contributed by atoms with van der Waals surface area (Å²) < 4.78 is 6.61. The van der Waals surface area contributed by atoms with Gasteiger partial charge in [-0.25, -0.2) is 4.98 Å². The lowest BCUT2D eigenvalue weighted by molar-refractivity contribution is 0.301. The van der Waals surface area contributed by atoms with Crippen LogP contribution in [0, 0.1) is 0 Å². The first kappa shape index (κ1) is 12.9. The van der Waals surface area contributed by atoms with Gasteiger partial charge in [-0.15, -0.1) is 0 Å². The Morgan fingerprint density at radius 2 is 1.85 bits per heavy atom. The van der Waals surface area contributed by atoms with Crippen molar-refractivity contribution in [3.63, 3.8) is 0 Å². The first-order valence-corrected chi connectivity index (χ1v) is 7.05. The van der Waals surface area contributed by atoms with Gasteiger partial charge in [0.1, 0.15) is 6.61 Å². The molecule has 0 saturated heterocycles. The van der Waals surface area contributed by atoms with Gasteiger partial charge < -0.3 is 10.5 Å². The molecule has 0 fully saturated rings. The van der Waals surface area contributed by atoms with E-state index in [4.69, 9.17) is 10.5 Å². The predicted octanol–water partition coefficient (Wildman–Crippen LogP) is 4.16. The van der Waals surface area contributed by atoms with Crippen molar-refractivity contribution in [2.45, 2.75) is 6.61 Å². The second kappa shape index (κ2) is 5.51. The fourth-order valence-corrected chi connectivity index (χ4v) is 2.51. The van der Waals surface area contributed by atoms with Crippen molar-refractivity contribution in [2.75, 3.05) is 5.73 Å². The summed E-state index contributed by atoms with van der Waals surface area (Å²) in [6.45, 7) is 0.387. The van der Waals surface area contributed by atoms with E-state index in [0.717, 1.165) is 21.1 Å². The number of pyridine rings is 1. The number of nitrogens with zero attached hydrogens (tertiary/aromatic N) is 1. The molecule has 0 aliphatic heterocycles. The van der Waals surface area contributed by atoms with E-state index in [1.54, 1.807) is 0 Å². The van der Waals surface area contributed by atoms with Crippen LogP contribution in [0.2, 0.25) is 0 Å². The summed E-state index contributed by atoms with van der Waals surface area (Å²) in [6.07, 6.45) is 0. The summed E-state index contributed by atoms with van der Waals surface area (Å²) in [4.78, 5) is 4.57. The van der Waals surface area contributed by atoms with Crippen molar-refractivity contribution in [3.05, 3.63) is 64.8 Å². The number of hydrogen-bond donors (Lipinski definition) is 1. The number of halogens is 1. The maximum Gasteiger partial charge on any atom is 0.156 e. The Morgan fingerprint density at radius 1 is 1.00 bits per heavy atom. The highest BCUT2D eigenvalue weighted by atomic mass is 79.9. The molecule has 0 aliphatic rings. The van der Waals surface area contributed by atoms with E-state index < -0.39 is 0 Å². The van der Waals surface area contributed by atoms with Crippen LogP contribution >= 0.6 is 15.9 Å². The topological polar surface area (TPSA) is 48.1 Å². The van der Waals surface area contributed by atoms with Crippen molar-refractivity contribution in [1.29, 1.82) is 0 Å². The number of rotatable bonds is 3. The van der Waals surface area contributed by atoms with E-state index >= 15 is 0 Å². The highest BCUT2D eigenvalue weighted by Crippen LogP contribution is 2.31. The van der Waals surface area contributed by atoms with Crippen molar-refractivity contribution in [2.24, 2.45) is 0 Å². The highest BCUT2D eigenvalue weighted by molar-refractivity contribution is 9.10. The molecule has 2 aromatic carbocycles. The van der Waals surface area contributed by atoms with E-state index in [1.165, 1.54) is 0 Å². The number of nitrogens with two attached hydrogens (primary N) is 1. The van der Waals surface area contributed by atoms with Gasteiger partial charge in [0.05, 0.1) is 21.4 Å². The third-order valence-corrected chi connectivity index (χ3v) is 3.64. The Labute approximate surface area is 125 Å². The summed E-state index contributed by atoms with van der Waals surface area (Å²) in [6, 6.07) is 17.6. The van der Waals surface area contributed by atoms with Gasteiger partial charge in [0.25, 0.3) is 0 Å². The van der Waals surface area contributed by atoms with Gasteiger partial charge in [0, 0.05) is 5.39 Å². The monoisotopic (exact) mass is 328 g/mol. The van der Waals surface area contributed by atoms with Crippen molar-refractivity contribution < 1.29 is 4.74 Å². The van der Waals surface area contributed by atoms with Crippen molar-refractivity contribution >= 4 is 32.5 Å². The zero-order valence-corrected chi connectivity index (χ0v) is 12.3. The fraction of sp³-hybridized carbons (Fsp3) is 0.0625. The lowest BCUT2D eigenvalue weighted by Crippen LogP contribution is -2.01. The van der Waals surface area contributed by atoms with E-state index in [9.17, 15) is 0 Å². The SMILES string of the molecule is Nc1cccc(Br)c1OCc1ccc2ccccc2n1. The standard InChI is InChI=1S/C16H13BrN2O/c17-13-5-3-6-14(18)16(13)20-10-12-9-8-11-4-1-2-7-15(11)19-12/h1-9H,10,18H2. The van der Waals surface area contributed by atoms with Gasteiger partial charge in [-0.2, -0.15) is 0 Å². The van der Waals surface area contributed by atoms with Crippen molar-refractivity contribution in [3.8, 4) is 5.75 Å². The summed E-state index contributed by atoms with van der Waals surface area (Å²) >= 11 is 3.44. The Balaban J connectivity index is 1.83. The Morgan fingerprint density at radius 3 is 2.70 bits per heavy atom. The van der Waals surface area contributed by atoms with Gasteiger partial charge in [0.15, 0.2) is 5.75 Å². The molecule has 3 rings (SSSR count). The quantitative estimate of drug-likeness (QED) is 0.734. The number of benzene rings is 2. The molecule has 1 heterocycles. The molecule has 4 heteroatoms. The summed E-state index contributed by atoms with van der Waals surface area (Å²) in [5.41, 5.74) is 8.35. The first-order valence-electron chi connectivity index (χ1n) is 6.25. The minimum Gasteiger partial charge on any atom is -0.484 e. The van der Waals surface area contributed by atoms with Crippen LogP contribution in [0.25, 0.3) is 10.9 Å². The molecule has 2 N–H and O–H groups in total. The molecule has 20 heavy (non-hydrogen) atoms. The van der Waals surface area contributed by atoms with E-state index in [-0.39, 0.29) is 0 Å². The largest absolute Gasteiger partial charge is 0.484 e. The maximum absolute atomic E-state index is 5.90. The molecular formula is C16H13BrN2O. The second-order valence-electron chi connectivity index (χ2n) is 4.44. The maximum atomic E-state index is 5.90. The number of hydrogen-bond acceptors (Lipinski definition) is 3. The molecule has 0 spiro atoms. The zero-order chi connectivity index (χ0) is 13.9. The van der Waals surface area contributed by atoms with Gasteiger partial charge in [-0.05, 0) is 40.2 Å². The molecule has 100 valence electrons. The number of aromatic nitrogens is 1. The van der Waals surface area contributed by atoms with E-state index in [0.29, 0.717) is 18.0 Å². The third-order valence-electron chi connectivity index (χ3n) is 3.02. The minimum atomic E-state index is 0.387. The molecule has 0 saturated carbocycles. The molecule has 3 aromatic rings. The van der Waals surface area contributed by atoms with Crippen LogP contribution in [-0.2, 0) is 6.61 Å². The fourth-order valence-electron chi connectivity index (χ4n) is 2.01. The van der Waals surface area contributed by atoms with Gasteiger partial charge in [-0.3, -0.25) is 0 Å².